The van der Waals surface area contributed by atoms with Gasteiger partial charge in [0.2, 0.25) is 0 Å². The van der Waals surface area contributed by atoms with Gasteiger partial charge >= 0.3 is 0 Å². The third kappa shape index (κ3) is 23.0. The molecule has 0 saturated carbocycles. The standard InChI is InChI=1S/C9H18O.C9H18/c1-8(2)5-4-6-9(3)7-10;1-8(2)6-5-7-9(3)4/h6,8,10H,4-5,7H2,1-3H3;6,9H,5,7H2,1-4H3/b9-6+;. The van der Waals surface area contributed by atoms with Gasteiger partial charge in [0.05, 0.1) is 6.61 Å². The Hall–Kier alpha value is -0.560. The molecule has 0 aromatic rings. The molecule has 0 unspecified atom stereocenters. The summed E-state index contributed by atoms with van der Waals surface area (Å²) in [6.07, 6.45) is 9.31. The fraction of sp³-hybridized carbons (Fsp3) is 0.778. The zero-order valence-electron chi connectivity index (χ0n) is 14.3. The molecule has 0 fully saturated rings. The Morgan fingerprint density at radius 2 is 1.26 bits per heavy atom. The molecule has 0 radical (unpaired) electrons. The molecule has 1 N–H and O–H groups in total. The molecule has 0 aliphatic heterocycles. The minimum absolute atomic E-state index is 0.206. The molecule has 0 spiro atoms. The van der Waals surface area contributed by atoms with Crippen molar-refractivity contribution in [3.63, 3.8) is 0 Å². The van der Waals surface area contributed by atoms with Crippen LogP contribution in [0.15, 0.2) is 23.3 Å². The summed E-state index contributed by atoms with van der Waals surface area (Å²) in [4.78, 5) is 0. The van der Waals surface area contributed by atoms with Crippen molar-refractivity contribution < 1.29 is 5.11 Å². The van der Waals surface area contributed by atoms with E-state index in [2.05, 4.69) is 53.7 Å². The van der Waals surface area contributed by atoms with Crippen molar-refractivity contribution in [3.8, 4) is 0 Å². The van der Waals surface area contributed by atoms with Gasteiger partial charge in [0.15, 0.2) is 0 Å². The predicted molar refractivity (Wildman–Crippen MR) is 88.4 cm³/mol. The summed E-state index contributed by atoms with van der Waals surface area (Å²) in [5.41, 5.74) is 2.52. The first kappa shape index (κ1) is 20.8. The summed E-state index contributed by atoms with van der Waals surface area (Å²) in [6, 6.07) is 0. The van der Waals surface area contributed by atoms with Gasteiger partial charge in [0, 0.05) is 0 Å². The van der Waals surface area contributed by atoms with E-state index in [1.54, 1.807) is 0 Å². The topological polar surface area (TPSA) is 20.2 Å². The Balaban J connectivity index is 0. The maximum Gasteiger partial charge on any atom is 0.0639 e. The SMILES string of the molecule is C/C(=C\CCC(C)C)CO.CC(C)=CCCC(C)C. The molecule has 0 atom stereocenters. The van der Waals surface area contributed by atoms with Crippen LogP contribution in [-0.2, 0) is 0 Å². The van der Waals surface area contributed by atoms with Crippen molar-refractivity contribution in [2.24, 2.45) is 11.8 Å². The van der Waals surface area contributed by atoms with Gasteiger partial charge < -0.3 is 5.11 Å². The van der Waals surface area contributed by atoms with Crippen LogP contribution in [0.4, 0.5) is 0 Å². The van der Waals surface area contributed by atoms with E-state index >= 15 is 0 Å². The van der Waals surface area contributed by atoms with E-state index in [0.717, 1.165) is 23.8 Å². The molecular weight excluding hydrogens is 232 g/mol. The van der Waals surface area contributed by atoms with Crippen LogP contribution in [-0.4, -0.2) is 11.7 Å². The lowest BCUT2D eigenvalue weighted by Crippen LogP contribution is -1.87. The molecular formula is C18H36O. The molecule has 0 saturated heterocycles. The summed E-state index contributed by atoms with van der Waals surface area (Å²) in [5.74, 6) is 1.61. The second kappa shape index (κ2) is 13.9. The third-order valence-corrected chi connectivity index (χ3v) is 2.78. The highest BCUT2D eigenvalue weighted by Gasteiger charge is 1.91. The maximum absolute atomic E-state index is 8.63. The van der Waals surface area contributed by atoms with Gasteiger partial charge in [0.1, 0.15) is 0 Å². The Labute approximate surface area is 121 Å². The Kier molecular flexibility index (Phi) is 15.1. The van der Waals surface area contributed by atoms with Crippen LogP contribution in [0.5, 0.6) is 0 Å². The van der Waals surface area contributed by atoms with Crippen LogP contribution in [0.25, 0.3) is 0 Å². The largest absolute Gasteiger partial charge is 0.392 e. The fourth-order valence-corrected chi connectivity index (χ4v) is 1.43. The average molecular weight is 268 g/mol. The van der Waals surface area contributed by atoms with Crippen LogP contribution < -0.4 is 0 Å². The lowest BCUT2D eigenvalue weighted by atomic mass is 10.1. The third-order valence-electron chi connectivity index (χ3n) is 2.78. The molecule has 0 aliphatic rings. The summed E-state index contributed by atoms with van der Waals surface area (Å²) >= 11 is 0. The van der Waals surface area contributed by atoms with E-state index in [0.29, 0.717) is 0 Å². The molecule has 0 heterocycles. The number of aliphatic hydroxyl groups excluding tert-OH is 1. The predicted octanol–water partition coefficient (Wildman–Crippen LogP) is 5.75. The van der Waals surface area contributed by atoms with E-state index in [9.17, 15) is 0 Å². The maximum atomic E-state index is 8.63. The second-order valence-electron chi connectivity index (χ2n) is 6.43. The van der Waals surface area contributed by atoms with E-state index in [1.807, 2.05) is 6.92 Å². The van der Waals surface area contributed by atoms with Gasteiger partial charge in [-0.15, -0.1) is 0 Å². The van der Waals surface area contributed by atoms with Crippen molar-refractivity contribution in [2.45, 2.75) is 74.1 Å². The monoisotopic (exact) mass is 268 g/mol. The second-order valence-corrected chi connectivity index (χ2v) is 6.43. The molecule has 0 aromatic carbocycles. The number of rotatable bonds is 7. The smallest absolute Gasteiger partial charge is 0.0639 e. The lowest BCUT2D eigenvalue weighted by Gasteiger charge is -2.00. The fourth-order valence-electron chi connectivity index (χ4n) is 1.43. The molecule has 1 nitrogen and oxygen atoms in total. The Morgan fingerprint density at radius 1 is 0.842 bits per heavy atom. The first-order valence-corrected chi connectivity index (χ1v) is 7.69. The van der Waals surface area contributed by atoms with E-state index < -0.39 is 0 Å². The summed E-state index contributed by atoms with van der Waals surface area (Å²) in [5, 5.41) is 8.63. The quantitative estimate of drug-likeness (QED) is 0.583. The van der Waals surface area contributed by atoms with Crippen molar-refractivity contribution in [3.05, 3.63) is 23.3 Å². The summed E-state index contributed by atoms with van der Waals surface area (Å²) < 4.78 is 0. The van der Waals surface area contributed by atoms with Crippen molar-refractivity contribution in [1.29, 1.82) is 0 Å². The van der Waals surface area contributed by atoms with Crippen LogP contribution in [0.1, 0.15) is 74.1 Å². The molecule has 0 bridgehead atoms. The minimum Gasteiger partial charge on any atom is -0.392 e. The number of hydrogen-bond acceptors (Lipinski definition) is 1. The molecule has 1 heteroatoms. The Morgan fingerprint density at radius 3 is 1.58 bits per heavy atom. The highest BCUT2D eigenvalue weighted by atomic mass is 16.3. The molecule has 0 aromatic heterocycles. The van der Waals surface area contributed by atoms with Gasteiger partial charge in [-0.2, -0.15) is 0 Å². The molecule has 19 heavy (non-hydrogen) atoms. The number of allylic oxidation sites excluding steroid dienone is 3. The molecule has 0 amide bonds. The van der Waals surface area contributed by atoms with E-state index in [-0.39, 0.29) is 6.61 Å². The lowest BCUT2D eigenvalue weighted by molar-refractivity contribution is 0.330. The zero-order chi connectivity index (χ0) is 15.3. The van der Waals surface area contributed by atoms with Gasteiger partial charge in [-0.3, -0.25) is 0 Å². The Bertz CT molecular complexity index is 242. The van der Waals surface area contributed by atoms with Crippen LogP contribution >= 0.6 is 0 Å². The first-order chi connectivity index (χ1) is 8.79. The molecule has 114 valence electrons. The number of hydrogen-bond donors (Lipinski definition) is 1. The van der Waals surface area contributed by atoms with Crippen molar-refractivity contribution in [2.75, 3.05) is 6.61 Å². The summed E-state index contributed by atoms with van der Waals surface area (Å²) in [7, 11) is 0. The molecule has 0 rings (SSSR count). The van der Waals surface area contributed by atoms with Gasteiger partial charge in [-0.25, -0.2) is 0 Å². The normalized spacial score (nSPS) is 11.4. The molecule has 0 aliphatic carbocycles. The first-order valence-electron chi connectivity index (χ1n) is 7.69. The van der Waals surface area contributed by atoms with Crippen molar-refractivity contribution in [1.82, 2.24) is 0 Å². The van der Waals surface area contributed by atoms with Gasteiger partial charge in [-0.05, 0) is 58.3 Å². The highest BCUT2D eigenvalue weighted by molar-refractivity contribution is 4.97. The van der Waals surface area contributed by atoms with Gasteiger partial charge in [-0.1, -0.05) is 51.0 Å². The van der Waals surface area contributed by atoms with Gasteiger partial charge in [0.25, 0.3) is 0 Å². The highest BCUT2D eigenvalue weighted by Crippen LogP contribution is 2.06. The van der Waals surface area contributed by atoms with Crippen LogP contribution in [0, 0.1) is 11.8 Å². The zero-order valence-corrected chi connectivity index (χ0v) is 14.3. The van der Waals surface area contributed by atoms with E-state index in [1.165, 1.54) is 24.8 Å². The van der Waals surface area contributed by atoms with E-state index in [4.69, 9.17) is 5.11 Å². The average Bonchev–Trinajstić information content (AvgIpc) is 2.28. The summed E-state index contributed by atoms with van der Waals surface area (Å²) in [6.45, 7) is 15.4. The van der Waals surface area contributed by atoms with Crippen LogP contribution in [0.3, 0.4) is 0 Å². The van der Waals surface area contributed by atoms with Crippen molar-refractivity contribution >= 4 is 0 Å². The van der Waals surface area contributed by atoms with Crippen LogP contribution in [0.2, 0.25) is 0 Å². The minimum atomic E-state index is 0.206. The number of aliphatic hydroxyl groups is 1.